The molecule has 17 heteroatoms. The average molecular weight is 667 g/mol. The van der Waals surface area contributed by atoms with Crippen molar-refractivity contribution in [3.05, 3.63) is 40.6 Å². The lowest BCUT2D eigenvalue weighted by molar-refractivity contribution is -0.286. The van der Waals surface area contributed by atoms with Gasteiger partial charge in [-0.1, -0.05) is 0 Å². The smallest absolute Gasteiger partial charge is 0.303 e. The van der Waals surface area contributed by atoms with Crippen LogP contribution in [0.1, 0.15) is 13.8 Å². The van der Waals surface area contributed by atoms with Crippen LogP contribution in [0.25, 0.3) is 22.3 Å². The number of carbonyl (C=O) groups is 1. The lowest BCUT2D eigenvalue weighted by atomic mass is 9.96. The van der Waals surface area contributed by atoms with E-state index in [1.54, 1.807) is 0 Å². The van der Waals surface area contributed by atoms with Crippen LogP contribution in [0.15, 0.2) is 39.5 Å². The summed E-state index contributed by atoms with van der Waals surface area (Å²) in [7, 11) is 0. The van der Waals surface area contributed by atoms with Crippen LogP contribution in [0.3, 0.4) is 0 Å². The van der Waals surface area contributed by atoms with Crippen LogP contribution < -0.4 is 10.2 Å². The minimum atomic E-state index is -1.88. The highest BCUT2D eigenvalue weighted by Gasteiger charge is 2.49. The van der Waals surface area contributed by atoms with Crippen LogP contribution in [-0.2, 0) is 23.7 Å². The molecule has 17 nitrogen and oxygen atoms in total. The molecule has 0 bridgehead atoms. The van der Waals surface area contributed by atoms with Crippen LogP contribution in [0, 0.1) is 0 Å². The Morgan fingerprint density at radius 2 is 1.47 bits per heavy atom. The summed E-state index contributed by atoms with van der Waals surface area (Å²) < 4.78 is 33.7. The Morgan fingerprint density at radius 3 is 2.13 bits per heavy atom. The highest BCUT2D eigenvalue weighted by molar-refractivity contribution is 5.88. The third kappa shape index (κ3) is 6.78. The third-order valence-corrected chi connectivity index (χ3v) is 7.85. The molecule has 2 saturated heterocycles. The normalized spacial score (nSPS) is 31.0. The number of hydrogen-bond acceptors (Lipinski definition) is 17. The lowest BCUT2D eigenvalue weighted by Gasteiger charge is -2.42. The van der Waals surface area contributed by atoms with Gasteiger partial charge in [0.2, 0.25) is 17.5 Å². The number of hydrogen-bond donors (Lipinski definition) is 9. The van der Waals surface area contributed by atoms with Crippen LogP contribution in [0.2, 0.25) is 0 Å². The molecule has 2 aromatic carbocycles. The van der Waals surface area contributed by atoms with E-state index in [0.29, 0.717) is 0 Å². The number of rotatable bonds is 8. The predicted molar refractivity (Wildman–Crippen MR) is 155 cm³/mol. The zero-order chi connectivity index (χ0) is 34.3. The molecule has 2 aliphatic heterocycles. The maximum Gasteiger partial charge on any atom is 0.303 e. The standard InChI is InChI=1S/C30H34O17/c1-10-21(36)25(40)22(37)18(43-10)8-42-9-19-23(38)26(41)29(44-11(2)31)30(46-19)47-28-24(39)20-16(35)6-13(32)7-17(20)45-27(28)12-3-4-14(33)15(34)5-12/h3-7,10,18-19,21-23,25-26,29-30,32-38,40-41H,8-9H2,1-2H3/t10?,18-,19?,21-,22?,23-,25-,26-,29?,30-/m0/s1. The molecule has 10 atom stereocenters. The Bertz CT molecular complexity index is 1670. The molecule has 47 heavy (non-hydrogen) atoms. The molecule has 4 unspecified atom stereocenters. The van der Waals surface area contributed by atoms with Crippen molar-refractivity contribution in [2.24, 2.45) is 0 Å². The predicted octanol–water partition coefficient (Wildman–Crippen LogP) is -1.07. The van der Waals surface area contributed by atoms with Gasteiger partial charge in [0.05, 0.1) is 19.3 Å². The molecule has 5 rings (SSSR count). The Hall–Kier alpha value is -4.20. The van der Waals surface area contributed by atoms with E-state index in [9.17, 15) is 55.5 Å². The van der Waals surface area contributed by atoms with Crippen molar-refractivity contribution in [1.29, 1.82) is 0 Å². The van der Waals surface area contributed by atoms with Crippen molar-refractivity contribution in [3.63, 3.8) is 0 Å². The van der Waals surface area contributed by atoms with E-state index in [2.05, 4.69) is 0 Å². The molecule has 2 aliphatic rings. The van der Waals surface area contributed by atoms with Crippen LogP contribution >= 0.6 is 0 Å². The molecule has 1 aromatic heterocycles. The van der Waals surface area contributed by atoms with Gasteiger partial charge < -0.3 is 74.1 Å². The molecule has 0 amide bonds. The average Bonchev–Trinajstić information content (AvgIpc) is 3.00. The number of aliphatic hydroxyl groups excluding tert-OH is 5. The fraction of sp³-hybridized carbons (Fsp3) is 0.467. The monoisotopic (exact) mass is 666 g/mol. The molecule has 0 aliphatic carbocycles. The van der Waals surface area contributed by atoms with Crippen molar-refractivity contribution in [2.75, 3.05) is 13.2 Å². The number of aromatic hydroxyl groups is 4. The molecule has 256 valence electrons. The van der Waals surface area contributed by atoms with E-state index < -0.39 is 119 Å². The zero-order valence-electron chi connectivity index (χ0n) is 24.9. The van der Waals surface area contributed by atoms with Crippen molar-refractivity contribution < 1.29 is 78.9 Å². The van der Waals surface area contributed by atoms with Gasteiger partial charge in [0, 0.05) is 24.6 Å². The fourth-order valence-corrected chi connectivity index (χ4v) is 5.38. The number of esters is 1. The summed E-state index contributed by atoms with van der Waals surface area (Å²) in [6.45, 7) is 1.64. The zero-order valence-corrected chi connectivity index (χ0v) is 24.9. The second-order valence-corrected chi connectivity index (χ2v) is 11.2. The van der Waals surface area contributed by atoms with E-state index in [0.717, 1.165) is 31.2 Å². The first-order chi connectivity index (χ1) is 22.2. The van der Waals surface area contributed by atoms with E-state index in [1.165, 1.54) is 13.0 Å². The lowest BCUT2D eigenvalue weighted by Crippen LogP contribution is -2.62. The Kier molecular flexibility index (Phi) is 9.81. The SMILES string of the molecule is CC(=O)OC1[C@H](Oc2c(-c3ccc(O)c(O)c3)oc3cc(O)cc(O)c3c2=O)OC(COC[C@@H]2OC(C)[C@H](O)[C@H](O)C2O)[C@H](O)[C@@H]1O. The quantitative estimate of drug-likeness (QED) is 0.102. The molecule has 0 radical (unpaired) electrons. The van der Waals surface area contributed by atoms with Crippen LogP contribution in [0.4, 0.5) is 0 Å². The van der Waals surface area contributed by atoms with Gasteiger partial charge in [0.25, 0.3) is 0 Å². The van der Waals surface area contributed by atoms with Crippen molar-refractivity contribution >= 4 is 16.9 Å². The third-order valence-electron chi connectivity index (χ3n) is 7.85. The largest absolute Gasteiger partial charge is 0.508 e. The van der Waals surface area contributed by atoms with Gasteiger partial charge in [-0.2, -0.15) is 0 Å². The number of carbonyl (C=O) groups excluding carboxylic acids is 1. The minimum absolute atomic E-state index is 0.0370. The molecular weight excluding hydrogens is 632 g/mol. The van der Waals surface area contributed by atoms with Crippen molar-refractivity contribution in [3.8, 4) is 40.1 Å². The van der Waals surface area contributed by atoms with Gasteiger partial charge in [-0.15, -0.1) is 0 Å². The molecule has 9 N–H and O–H groups in total. The van der Waals surface area contributed by atoms with E-state index >= 15 is 0 Å². The van der Waals surface area contributed by atoms with E-state index in [4.69, 9.17) is 28.1 Å². The van der Waals surface area contributed by atoms with Gasteiger partial charge in [-0.05, 0) is 25.1 Å². The number of fused-ring (bicyclic) bond motifs is 1. The number of ether oxygens (including phenoxy) is 5. The first kappa shape index (κ1) is 34.1. The van der Waals surface area contributed by atoms with Gasteiger partial charge in [0.15, 0.2) is 23.4 Å². The first-order valence-corrected chi connectivity index (χ1v) is 14.4. The molecule has 3 aromatic rings. The first-order valence-electron chi connectivity index (χ1n) is 14.4. The summed E-state index contributed by atoms with van der Waals surface area (Å²) in [6, 6.07) is 5.25. The Balaban J connectivity index is 1.48. The second kappa shape index (κ2) is 13.5. The molecular formula is C30H34O17. The highest BCUT2D eigenvalue weighted by atomic mass is 16.7. The highest BCUT2D eigenvalue weighted by Crippen LogP contribution is 2.39. The number of phenols is 4. The van der Waals surface area contributed by atoms with Gasteiger partial charge in [-0.25, -0.2) is 0 Å². The topological polar surface area (TPSA) is 275 Å². The summed E-state index contributed by atoms with van der Waals surface area (Å²) in [4.78, 5) is 25.7. The molecule has 0 spiro atoms. The maximum atomic E-state index is 13.8. The Morgan fingerprint density at radius 1 is 0.809 bits per heavy atom. The van der Waals surface area contributed by atoms with Gasteiger partial charge in [-0.3, -0.25) is 9.59 Å². The number of phenolic OH excluding ortho intramolecular Hbond substituents is 4. The number of aliphatic hydroxyl groups is 5. The van der Waals surface area contributed by atoms with E-state index in [-0.39, 0.29) is 17.8 Å². The second-order valence-electron chi connectivity index (χ2n) is 11.2. The van der Waals surface area contributed by atoms with Crippen molar-refractivity contribution in [1.82, 2.24) is 0 Å². The summed E-state index contributed by atoms with van der Waals surface area (Å²) in [5.74, 6) is -4.28. The summed E-state index contributed by atoms with van der Waals surface area (Å²) >= 11 is 0. The molecule has 2 fully saturated rings. The van der Waals surface area contributed by atoms with Crippen LogP contribution in [0.5, 0.6) is 28.7 Å². The summed E-state index contributed by atoms with van der Waals surface area (Å²) in [5.41, 5.74) is -1.36. The molecule has 3 heterocycles. The van der Waals surface area contributed by atoms with Crippen LogP contribution in [-0.4, -0.2) is 126 Å². The van der Waals surface area contributed by atoms with Crippen molar-refractivity contribution in [2.45, 2.75) is 75.1 Å². The fourth-order valence-electron chi connectivity index (χ4n) is 5.38. The minimum Gasteiger partial charge on any atom is -0.508 e. The summed E-state index contributed by atoms with van der Waals surface area (Å²) in [6.07, 6.45) is -15.0. The molecule has 0 saturated carbocycles. The maximum absolute atomic E-state index is 13.8. The summed E-state index contributed by atoms with van der Waals surface area (Å²) in [5, 5.41) is 91.9. The number of benzene rings is 2. The Labute approximate surface area is 264 Å². The van der Waals surface area contributed by atoms with Gasteiger partial charge in [0.1, 0.15) is 65.2 Å². The van der Waals surface area contributed by atoms with E-state index in [1.807, 2.05) is 0 Å². The van der Waals surface area contributed by atoms with Gasteiger partial charge >= 0.3 is 5.97 Å².